The highest BCUT2D eigenvalue weighted by Crippen LogP contribution is 2.22. The SMILES string of the molecule is CC(C)C(=O)C(C)(C)OC1CCOCC1. The highest BCUT2D eigenvalue weighted by molar-refractivity contribution is 5.88. The molecule has 0 aromatic rings. The van der Waals surface area contributed by atoms with Crippen molar-refractivity contribution in [1.82, 2.24) is 0 Å². The lowest BCUT2D eigenvalue weighted by Gasteiger charge is -2.32. The van der Waals surface area contributed by atoms with Gasteiger partial charge in [0.25, 0.3) is 0 Å². The number of hydrogen-bond donors (Lipinski definition) is 0. The molecule has 3 heteroatoms. The maximum Gasteiger partial charge on any atom is 0.166 e. The van der Waals surface area contributed by atoms with Crippen molar-refractivity contribution in [2.24, 2.45) is 5.92 Å². The summed E-state index contributed by atoms with van der Waals surface area (Å²) in [6, 6.07) is 0. The first-order valence-corrected chi connectivity index (χ1v) is 5.73. The van der Waals surface area contributed by atoms with Crippen LogP contribution in [0.4, 0.5) is 0 Å². The van der Waals surface area contributed by atoms with Crippen molar-refractivity contribution >= 4 is 5.78 Å². The van der Waals surface area contributed by atoms with Crippen LogP contribution in [-0.4, -0.2) is 30.7 Å². The molecule has 1 aliphatic heterocycles. The topological polar surface area (TPSA) is 35.5 Å². The number of carbonyl (C=O) groups is 1. The summed E-state index contributed by atoms with van der Waals surface area (Å²) in [7, 11) is 0. The Hall–Kier alpha value is -0.410. The molecule has 0 radical (unpaired) electrons. The molecular weight excluding hydrogens is 192 g/mol. The van der Waals surface area contributed by atoms with Crippen LogP contribution in [0.3, 0.4) is 0 Å². The third-order valence-electron chi connectivity index (χ3n) is 2.75. The summed E-state index contributed by atoms with van der Waals surface area (Å²) < 4.78 is 11.1. The summed E-state index contributed by atoms with van der Waals surface area (Å²) in [5.74, 6) is 0.203. The van der Waals surface area contributed by atoms with E-state index in [1.807, 2.05) is 27.7 Å². The number of Topliss-reactive ketones (excluding diaryl/α,β-unsaturated/α-hetero) is 1. The zero-order valence-corrected chi connectivity index (χ0v) is 10.2. The lowest BCUT2D eigenvalue weighted by Crippen LogP contribution is -2.42. The van der Waals surface area contributed by atoms with Crippen LogP contribution in [0.25, 0.3) is 0 Å². The van der Waals surface area contributed by atoms with Gasteiger partial charge < -0.3 is 9.47 Å². The second-order valence-electron chi connectivity index (χ2n) is 4.96. The van der Waals surface area contributed by atoms with Crippen molar-refractivity contribution in [3.05, 3.63) is 0 Å². The average Bonchev–Trinajstić information content (AvgIpc) is 2.17. The van der Waals surface area contributed by atoms with E-state index in [0.717, 1.165) is 26.1 Å². The number of hydrogen-bond acceptors (Lipinski definition) is 3. The average molecular weight is 214 g/mol. The van der Waals surface area contributed by atoms with E-state index in [1.54, 1.807) is 0 Å². The van der Waals surface area contributed by atoms with Crippen molar-refractivity contribution in [3.63, 3.8) is 0 Å². The zero-order chi connectivity index (χ0) is 11.5. The van der Waals surface area contributed by atoms with Crippen LogP contribution in [0.15, 0.2) is 0 Å². The molecule has 1 saturated heterocycles. The first kappa shape index (κ1) is 12.7. The smallest absolute Gasteiger partial charge is 0.166 e. The molecule has 0 aliphatic carbocycles. The molecule has 0 aromatic carbocycles. The van der Waals surface area contributed by atoms with E-state index in [-0.39, 0.29) is 17.8 Å². The largest absolute Gasteiger partial charge is 0.381 e. The zero-order valence-electron chi connectivity index (χ0n) is 10.2. The van der Waals surface area contributed by atoms with Crippen molar-refractivity contribution < 1.29 is 14.3 Å². The summed E-state index contributed by atoms with van der Waals surface area (Å²) in [5.41, 5.74) is -0.657. The molecule has 0 N–H and O–H groups in total. The van der Waals surface area contributed by atoms with Gasteiger partial charge in [-0.1, -0.05) is 13.8 Å². The Morgan fingerprint density at radius 1 is 1.33 bits per heavy atom. The molecule has 0 saturated carbocycles. The molecule has 0 aromatic heterocycles. The minimum atomic E-state index is -0.657. The van der Waals surface area contributed by atoms with Gasteiger partial charge >= 0.3 is 0 Å². The van der Waals surface area contributed by atoms with E-state index in [1.165, 1.54) is 0 Å². The maximum atomic E-state index is 11.9. The van der Waals surface area contributed by atoms with Gasteiger partial charge in [-0.25, -0.2) is 0 Å². The molecule has 88 valence electrons. The Kier molecular flexibility index (Phi) is 4.29. The standard InChI is InChI=1S/C12H22O3/c1-9(2)11(13)12(3,4)15-10-5-7-14-8-6-10/h9-10H,5-8H2,1-4H3. The lowest BCUT2D eigenvalue weighted by molar-refractivity contribution is -0.157. The van der Waals surface area contributed by atoms with Crippen LogP contribution in [0.1, 0.15) is 40.5 Å². The third-order valence-corrected chi connectivity index (χ3v) is 2.75. The summed E-state index contributed by atoms with van der Waals surface area (Å²) in [6.07, 6.45) is 1.97. The first-order valence-electron chi connectivity index (χ1n) is 5.73. The van der Waals surface area contributed by atoms with E-state index in [2.05, 4.69) is 0 Å². The predicted molar refractivity (Wildman–Crippen MR) is 58.9 cm³/mol. The van der Waals surface area contributed by atoms with E-state index >= 15 is 0 Å². The van der Waals surface area contributed by atoms with E-state index in [0.29, 0.717) is 0 Å². The molecule has 1 heterocycles. The highest BCUT2D eigenvalue weighted by Gasteiger charge is 2.33. The van der Waals surface area contributed by atoms with Crippen molar-refractivity contribution in [1.29, 1.82) is 0 Å². The van der Waals surface area contributed by atoms with Crippen LogP contribution in [0.5, 0.6) is 0 Å². The number of carbonyl (C=O) groups excluding carboxylic acids is 1. The molecule has 0 atom stereocenters. The fraction of sp³-hybridized carbons (Fsp3) is 0.917. The van der Waals surface area contributed by atoms with Gasteiger partial charge in [-0.2, -0.15) is 0 Å². The first-order chi connectivity index (χ1) is 6.93. The van der Waals surface area contributed by atoms with Crippen molar-refractivity contribution in [2.75, 3.05) is 13.2 Å². The summed E-state index contributed by atoms with van der Waals surface area (Å²) in [4.78, 5) is 11.9. The highest BCUT2D eigenvalue weighted by atomic mass is 16.5. The van der Waals surface area contributed by atoms with E-state index in [9.17, 15) is 4.79 Å². The monoisotopic (exact) mass is 214 g/mol. The van der Waals surface area contributed by atoms with E-state index < -0.39 is 5.60 Å². The molecule has 0 bridgehead atoms. The van der Waals surface area contributed by atoms with Gasteiger partial charge in [0.2, 0.25) is 0 Å². The Labute approximate surface area is 92.1 Å². The fourth-order valence-electron chi connectivity index (χ4n) is 1.96. The third kappa shape index (κ3) is 3.58. The summed E-state index contributed by atoms with van der Waals surface area (Å²) in [5, 5.41) is 0. The van der Waals surface area contributed by atoms with Gasteiger partial charge in [-0.15, -0.1) is 0 Å². The van der Waals surface area contributed by atoms with Gasteiger partial charge in [0, 0.05) is 19.1 Å². The number of ketones is 1. The van der Waals surface area contributed by atoms with Crippen LogP contribution < -0.4 is 0 Å². The molecule has 1 rings (SSSR count). The molecule has 3 nitrogen and oxygen atoms in total. The van der Waals surface area contributed by atoms with Gasteiger partial charge in [0.1, 0.15) is 5.60 Å². The van der Waals surface area contributed by atoms with E-state index in [4.69, 9.17) is 9.47 Å². The van der Waals surface area contributed by atoms with Gasteiger partial charge in [-0.3, -0.25) is 4.79 Å². The minimum Gasteiger partial charge on any atom is -0.381 e. The predicted octanol–water partition coefficient (Wildman–Crippen LogP) is 2.19. The fourth-order valence-corrected chi connectivity index (χ4v) is 1.96. The lowest BCUT2D eigenvalue weighted by atomic mass is 9.93. The summed E-state index contributed by atoms with van der Waals surface area (Å²) >= 11 is 0. The Morgan fingerprint density at radius 2 is 1.87 bits per heavy atom. The van der Waals surface area contributed by atoms with Crippen molar-refractivity contribution in [3.8, 4) is 0 Å². The van der Waals surface area contributed by atoms with Gasteiger partial charge in [-0.05, 0) is 26.7 Å². The van der Waals surface area contributed by atoms with Crippen LogP contribution in [0, 0.1) is 5.92 Å². The normalized spacial score (nSPS) is 19.5. The molecule has 15 heavy (non-hydrogen) atoms. The molecule has 0 unspecified atom stereocenters. The number of rotatable bonds is 4. The second kappa shape index (κ2) is 5.08. The summed E-state index contributed by atoms with van der Waals surface area (Å²) in [6.45, 7) is 9.05. The number of ether oxygens (including phenoxy) is 2. The Morgan fingerprint density at radius 3 is 2.33 bits per heavy atom. The quantitative estimate of drug-likeness (QED) is 0.719. The second-order valence-corrected chi connectivity index (χ2v) is 4.96. The maximum absolute atomic E-state index is 11.9. The molecule has 0 spiro atoms. The van der Waals surface area contributed by atoms with Crippen LogP contribution in [0.2, 0.25) is 0 Å². The minimum absolute atomic E-state index is 0.0276. The van der Waals surface area contributed by atoms with Gasteiger partial charge in [0.05, 0.1) is 6.10 Å². The Bertz CT molecular complexity index is 215. The van der Waals surface area contributed by atoms with Crippen LogP contribution >= 0.6 is 0 Å². The van der Waals surface area contributed by atoms with Gasteiger partial charge in [0.15, 0.2) is 5.78 Å². The molecular formula is C12H22O3. The molecule has 1 aliphatic rings. The molecule has 0 amide bonds. The Balaban J connectivity index is 2.50. The molecule has 1 fully saturated rings. The van der Waals surface area contributed by atoms with Crippen LogP contribution in [-0.2, 0) is 14.3 Å². The van der Waals surface area contributed by atoms with Crippen molar-refractivity contribution in [2.45, 2.75) is 52.2 Å².